The molecule has 0 aliphatic heterocycles. The third-order valence-corrected chi connectivity index (χ3v) is 4.62. The Bertz CT molecular complexity index is 531. The number of nitrogens with zero attached hydrogens (tertiary/aromatic N) is 3. The molecule has 0 unspecified atom stereocenters. The molecule has 0 saturated carbocycles. The van der Waals surface area contributed by atoms with E-state index in [9.17, 15) is 0 Å². The molecule has 0 aliphatic carbocycles. The zero-order chi connectivity index (χ0) is 13.2. The van der Waals surface area contributed by atoms with Crippen molar-refractivity contribution in [2.45, 2.75) is 39.3 Å². The first-order valence-corrected chi connectivity index (χ1v) is 10.0. The van der Waals surface area contributed by atoms with Crippen LogP contribution < -0.4 is 0 Å². The van der Waals surface area contributed by atoms with Crippen molar-refractivity contribution >= 4 is 19.2 Å². The summed E-state index contributed by atoms with van der Waals surface area (Å²) in [6, 6.07) is 5.07. The van der Waals surface area contributed by atoms with Crippen molar-refractivity contribution in [3.05, 3.63) is 24.2 Å². The van der Waals surface area contributed by atoms with Gasteiger partial charge in [-0.1, -0.05) is 19.6 Å². The largest absolute Gasteiger partial charge is 0.361 e. The summed E-state index contributed by atoms with van der Waals surface area (Å²) in [5, 5.41) is 0. The number of aromatic nitrogens is 3. The van der Waals surface area contributed by atoms with E-state index in [1.54, 1.807) is 6.20 Å². The summed E-state index contributed by atoms with van der Waals surface area (Å²) in [6.07, 6.45) is 1.79. The molecule has 0 amide bonds. The third kappa shape index (κ3) is 3.17. The van der Waals surface area contributed by atoms with Crippen LogP contribution in [0.25, 0.3) is 11.2 Å². The highest BCUT2D eigenvalue weighted by molar-refractivity contribution is 6.76. The topological polar surface area (TPSA) is 39.9 Å². The molecule has 2 heterocycles. The maximum atomic E-state index is 5.76. The van der Waals surface area contributed by atoms with E-state index >= 15 is 0 Å². The van der Waals surface area contributed by atoms with E-state index in [0.717, 1.165) is 23.6 Å². The fourth-order valence-electron chi connectivity index (χ4n) is 1.76. The van der Waals surface area contributed by atoms with E-state index in [2.05, 4.69) is 29.6 Å². The zero-order valence-electron chi connectivity index (χ0n) is 11.6. The maximum Gasteiger partial charge on any atom is 0.161 e. The highest BCUT2D eigenvalue weighted by Gasteiger charge is 2.13. The van der Waals surface area contributed by atoms with Crippen molar-refractivity contribution in [1.82, 2.24) is 14.5 Å². The highest BCUT2D eigenvalue weighted by Crippen LogP contribution is 2.13. The zero-order valence-corrected chi connectivity index (χ0v) is 12.6. The molecule has 0 radical (unpaired) electrons. The maximum absolute atomic E-state index is 5.76. The lowest BCUT2D eigenvalue weighted by atomic mass is 10.4. The highest BCUT2D eigenvalue weighted by atomic mass is 28.3. The van der Waals surface area contributed by atoms with Crippen molar-refractivity contribution in [3.8, 4) is 0 Å². The number of hydrogen-bond acceptors (Lipinski definition) is 3. The van der Waals surface area contributed by atoms with Crippen LogP contribution in [0.2, 0.25) is 25.7 Å². The van der Waals surface area contributed by atoms with Crippen LogP contribution >= 0.6 is 0 Å². The molecule has 0 aromatic carbocycles. The van der Waals surface area contributed by atoms with Crippen molar-refractivity contribution in [1.29, 1.82) is 0 Å². The molecule has 0 N–H and O–H groups in total. The van der Waals surface area contributed by atoms with E-state index in [1.165, 1.54) is 6.04 Å². The average molecular weight is 263 g/mol. The summed E-state index contributed by atoms with van der Waals surface area (Å²) in [5.41, 5.74) is 1.84. The number of imidazole rings is 1. The second-order valence-electron chi connectivity index (χ2n) is 5.78. The Morgan fingerprint density at radius 1 is 1.33 bits per heavy atom. The molecule has 0 aliphatic rings. The summed E-state index contributed by atoms with van der Waals surface area (Å²) >= 11 is 0. The first-order valence-electron chi connectivity index (χ1n) is 6.33. The van der Waals surface area contributed by atoms with Gasteiger partial charge in [0.05, 0.1) is 0 Å². The van der Waals surface area contributed by atoms with Gasteiger partial charge in [0.2, 0.25) is 0 Å². The van der Waals surface area contributed by atoms with Gasteiger partial charge in [-0.3, -0.25) is 4.57 Å². The van der Waals surface area contributed by atoms with Gasteiger partial charge in [0.15, 0.2) is 5.65 Å². The second-order valence-corrected chi connectivity index (χ2v) is 11.4. The molecular weight excluding hydrogens is 242 g/mol. The molecule has 0 bridgehead atoms. The van der Waals surface area contributed by atoms with Gasteiger partial charge in [-0.15, -0.1) is 0 Å². The quantitative estimate of drug-likeness (QED) is 0.615. The summed E-state index contributed by atoms with van der Waals surface area (Å²) in [5.74, 6) is 0.955. The van der Waals surface area contributed by atoms with E-state index in [0.29, 0.717) is 6.73 Å². The molecule has 2 aromatic heterocycles. The van der Waals surface area contributed by atoms with Gasteiger partial charge in [0.1, 0.15) is 18.1 Å². The van der Waals surface area contributed by atoms with Crippen molar-refractivity contribution in [2.75, 3.05) is 6.61 Å². The average Bonchev–Trinajstić information content (AvgIpc) is 2.59. The molecule has 0 saturated heterocycles. The Balaban J connectivity index is 2.01. The van der Waals surface area contributed by atoms with Crippen LogP contribution in [-0.2, 0) is 11.5 Å². The summed E-state index contributed by atoms with van der Waals surface area (Å²) < 4.78 is 7.79. The number of ether oxygens (including phenoxy) is 1. The van der Waals surface area contributed by atoms with Gasteiger partial charge in [0, 0.05) is 20.9 Å². The van der Waals surface area contributed by atoms with Crippen LogP contribution in [0.3, 0.4) is 0 Å². The third-order valence-electron chi connectivity index (χ3n) is 2.91. The summed E-state index contributed by atoms with van der Waals surface area (Å²) in [7, 11) is -1.01. The van der Waals surface area contributed by atoms with Crippen LogP contribution in [-0.4, -0.2) is 29.2 Å². The monoisotopic (exact) mass is 263 g/mol. The molecular formula is C13H21N3OSi. The van der Waals surface area contributed by atoms with Gasteiger partial charge >= 0.3 is 0 Å². The minimum absolute atomic E-state index is 0.545. The second kappa shape index (κ2) is 5.20. The number of hydrogen-bond donors (Lipinski definition) is 0. The van der Waals surface area contributed by atoms with Crippen LogP contribution in [0.5, 0.6) is 0 Å². The number of aryl methyl sites for hydroxylation is 1. The first kappa shape index (κ1) is 13.2. The molecule has 2 aromatic rings. The smallest absolute Gasteiger partial charge is 0.161 e. The molecule has 0 spiro atoms. The fourth-order valence-corrected chi connectivity index (χ4v) is 2.52. The number of rotatable bonds is 5. The normalized spacial score (nSPS) is 12.2. The van der Waals surface area contributed by atoms with E-state index < -0.39 is 8.07 Å². The Labute approximate surface area is 109 Å². The van der Waals surface area contributed by atoms with E-state index in [4.69, 9.17) is 4.74 Å². The Morgan fingerprint density at radius 3 is 2.83 bits per heavy atom. The Hall–Kier alpha value is -1.20. The van der Waals surface area contributed by atoms with Crippen molar-refractivity contribution in [2.24, 2.45) is 0 Å². The Kier molecular flexibility index (Phi) is 3.82. The molecule has 5 heteroatoms. The molecule has 4 nitrogen and oxygen atoms in total. The van der Waals surface area contributed by atoms with Gasteiger partial charge in [0.25, 0.3) is 0 Å². The number of fused-ring (bicyclic) bond motifs is 1. The van der Waals surface area contributed by atoms with E-state index in [-0.39, 0.29) is 0 Å². The summed E-state index contributed by atoms with van der Waals surface area (Å²) in [6.45, 7) is 10.4. The van der Waals surface area contributed by atoms with Crippen LogP contribution in [0.1, 0.15) is 5.82 Å². The van der Waals surface area contributed by atoms with Crippen molar-refractivity contribution < 1.29 is 4.74 Å². The predicted octanol–water partition coefficient (Wildman–Crippen LogP) is 3.05. The lowest BCUT2D eigenvalue weighted by molar-refractivity contribution is 0.0881. The molecule has 0 atom stereocenters. The molecule has 18 heavy (non-hydrogen) atoms. The van der Waals surface area contributed by atoms with Gasteiger partial charge in [-0.2, -0.15) is 0 Å². The summed E-state index contributed by atoms with van der Waals surface area (Å²) in [4.78, 5) is 8.83. The molecule has 2 rings (SSSR count). The lowest BCUT2D eigenvalue weighted by Crippen LogP contribution is -2.22. The SMILES string of the molecule is Cc1nc2cccnc2n1COCC[Si](C)(C)C. The minimum atomic E-state index is -1.01. The molecule has 0 fully saturated rings. The molecule has 98 valence electrons. The standard InChI is InChI=1S/C13H21N3OSi/c1-11-15-12-6-5-7-14-13(12)16(11)10-17-8-9-18(2,3)4/h5-7H,8-10H2,1-4H3. The lowest BCUT2D eigenvalue weighted by Gasteiger charge is -2.15. The van der Waals surface area contributed by atoms with Crippen LogP contribution in [0.15, 0.2) is 18.3 Å². The van der Waals surface area contributed by atoms with Gasteiger partial charge in [-0.25, -0.2) is 9.97 Å². The van der Waals surface area contributed by atoms with Crippen molar-refractivity contribution in [3.63, 3.8) is 0 Å². The fraction of sp³-hybridized carbons (Fsp3) is 0.538. The predicted molar refractivity (Wildman–Crippen MR) is 76.4 cm³/mol. The van der Waals surface area contributed by atoms with Crippen LogP contribution in [0, 0.1) is 6.92 Å². The minimum Gasteiger partial charge on any atom is -0.361 e. The Morgan fingerprint density at radius 2 is 2.11 bits per heavy atom. The first-order chi connectivity index (χ1) is 8.47. The van der Waals surface area contributed by atoms with E-state index in [1.807, 2.05) is 23.6 Å². The number of pyridine rings is 1. The van der Waals surface area contributed by atoms with Gasteiger partial charge in [-0.05, 0) is 25.1 Å². The van der Waals surface area contributed by atoms with Crippen LogP contribution in [0.4, 0.5) is 0 Å². The van der Waals surface area contributed by atoms with Gasteiger partial charge < -0.3 is 4.74 Å².